The summed E-state index contributed by atoms with van der Waals surface area (Å²) in [5.74, 6) is 0.507. The zero-order valence-corrected chi connectivity index (χ0v) is 15.6. The summed E-state index contributed by atoms with van der Waals surface area (Å²) in [7, 11) is 0. The van der Waals surface area contributed by atoms with Gasteiger partial charge in [0.25, 0.3) is 5.91 Å². The third-order valence-electron chi connectivity index (χ3n) is 3.79. The number of nitrogens with one attached hydrogen (secondary N) is 2. The molecule has 144 valence electrons. The summed E-state index contributed by atoms with van der Waals surface area (Å²) in [6.07, 6.45) is 0.113. The Kier molecular flexibility index (Phi) is 6.16. The molecule has 7 heteroatoms. The maximum atomic E-state index is 13.6. The summed E-state index contributed by atoms with van der Waals surface area (Å²) in [5, 5.41) is 13.7. The van der Waals surface area contributed by atoms with Gasteiger partial charge >= 0.3 is 0 Å². The standard InChI is InChI=1S/C21H21FN4O2/c1-14(2)28-17-9-7-16(8-10-17)24-20-12-11-19(25-26-20)21(27)23-13-15-5-3-4-6-18(15)22/h3-12,14H,13H2,1-2H3,(H,23,27)(H,24,26). The van der Waals surface area contributed by atoms with E-state index >= 15 is 0 Å². The molecule has 1 amide bonds. The lowest BCUT2D eigenvalue weighted by Crippen LogP contribution is -2.24. The van der Waals surface area contributed by atoms with Crippen LogP contribution in [0.15, 0.2) is 60.7 Å². The van der Waals surface area contributed by atoms with Crippen molar-refractivity contribution in [1.29, 1.82) is 0 Å². The maximum absolute atomic E-state index is 13.6. The van der Waals surface area contributed by atoms with E-state index in [1.807, 2.05) is 38.1 Å². The van der Waals surface area contributed by atoms with Crippen LogP contribution in [0.4, 0.5) is 15.9 Å². The van der Waals surface area contributed by atoms with E-state index in [0.717, 1.165) is 11.4 Å². The number of hydrogen-bond acceptors (Lipinski definition) is 5. The molecule has 0 saturated heterocycles. The minimum absolute atomic E-state index is 0.0813. The van der Waals surface area contributed by atoms with Crippen LogP contribution in [-0.2, 0) is 6.54 Å². The van der Waals surface area contributed by atoms with Crippen molar-refractivity contribution >= 4 is 17.4 Å². The molecule has 0 fully saturated rings. The van der Waals surface area contributed by atoms with E-state index in [-0.39, 0.29) is 24.2 Å². The van der Waals surface area contributed by atoms with Gasteiger partial charge in [-0.1, -0.05) is 18.2 Å². The van der Waals surface area contributed by atoms with Gasteiger partial charge in [-0.15, -0.1) is 10.2 Å². The molecule has 0 aliphatic heterocycles. The first-order chi connectivity index (χ1) is 13.5. The number of carbonyl (C=O) groups is 1. The predicted octanol–water partition coefficient (Wildman–Crippen LogP) is 4.08. The molecule has 3 rings (SSSR count). The van der Waals surface area contributed by atoms with Crippen LogP contribution in [-0.4, -0.2) is 22.2 Å². The van der Waals surface area contributed by atoms with Gasteiger partial charge in [0.15, 0.2) is 11.5 Å². The number of halogens is 1. The Morgan fingerprint density at radius 2 is 1.79 bits per heavy atom. The molecule has 0 spiro atoms. The van der Waals surface area contributed by atoms with Gasteiger partial charge in [0.05, 0.1) is 6.10 Å². The molecule has 0 atom stereocenters. The molecule has 0 saturated carbocycles. The molecule has 1 aromatic heterocycles. The molecule has 2 N–H and O–H groups in total. The van der Waals surface area contributed by atoms with Crippen molar-refractivity contribution in [2.24, 2.45) is 0 Å². The lowest BCUT2D eigenvalue weighted by molar-refractivity contribution is 0.0944. The summed E-state index contributed by atoms with van der Waals surface area (Å²) in [5.41, 5.74) is 1.39. The fourth-order valence-electron chi connectivity index (χ4n) is 2.46. The summed E-state index contributed by atoms with van der Waals surface area (Å²) in [6, 6.07) is 17.0. The second kappa shape index (κ2) is 8.94. The third-order valence-corrected chi connectivity index (χ3v) is 3.79. The van der Waals surface area contributed by atoms with Gasteiger partial charge in [0, 0.05) is 17.8 Å². The molecule has 0 bridgehead atoms. The number of benzene rings is 2. The third kappa shape index (κ3) is 5.26. The van der Waals surface area contributed by atoms with Crippen molar-refractivity contribution < 1.29 is 13.9 Å². The first-order valence-corrected chi connectivity index (χ1v) is 8.90. The van der Waals surface area contributed by atoms with Crippen molar-refractivity contribution in [3.8, 4) is 5.75 Å². The van der Waals surface area contributed by atoms with Crippen LogP contribution < -0.4 is 15.4 Å². The summed E-state index contributed by atoms with van der Waals surface area (Å²) in [6.45, 7) is 4.02. The van der Waals surface area contributed by atoms with Crippen LogP contribution in [0.3, 0.4) is 0 Å². The molecule has 0 aliphatic carbocycles. The van der Waals surface area contributed by atoms with E-state index in [4.69, 9.17) is 4.74 Å². The molecular formula is C21H21FN4O2. The highest BCUT2D eigenvalue weighted by molar-refractivity contribution is 5.92. The van der Waals surface area contributed by atoms with Crippen molar-refractivity contribution in [3.05, 3.63) is 77.7 Å². The fourth-order valence-corrected chi connectivity index (χ4v) is 2.46. The fraction of sp³-hybridized carbons (Fsp3) is 0.190. The number of ether oxygens (including phenoxy) is 1. The normalized spacial score (nSPS) is 10.6. The van der Waals surface area contributed by atoms with E-state index in [0.29, 0.717) is 11.4 Å². The number of amides is 1. The number of hydrogen-bond donors (Lipinski definition) is 2. The smallest absolute Gasteiger partial charge is 0.272 e. The van der Waals surface area contributed by atoms with Gasteiger partial charge in [-0.2, -0.15) is 0 Å². The molecule has 0 aliphatic rings. The van der Waals surface area contributed by atoms with Crippen molar-refractivity contribution in [1.82, 2.24) is 15.5 Å². The van der Waals surface area contributed by atoms with Gasteiger partial charge in [-0.25, -0.2) is 4.39 Å². The highest BCUT2D eigenvalue weighted by atomic mass is 19.1. The first kappa shape index (κ1) is 19.3. The molecule has 28 heavy (non-hydrogen) atoms. The average Bonchev–Trinajstić information content (AvgIpc) is 2.69. The Hall–Kier alpha value is -3.48. The monoisotopic (exact) mass is 380 g/mol. The summed E-state index contributed by atoms with van der Waals surface area (Å²) < 4.78 is 19.2. The molecule has 0 unspecified atom stereocenters. The zero-order valence-electron chi connectivity index (χ0n) is 15.6. The van der Waals surface area contributed by atoms with E-state index in [1.165, 1.54) is 6.07 Å². The largest absolute Gasteiger partial charge is 0.491 e. The number of rotatable bonds is 7. The van der Waals surface area contributed by atoms with Crippen LogP contribution in [0, 0.1) is 5.82 Å². The zero-order chi connectivity index (χ0) is 19.9. The van der Waals surface area contributed by atoms with Crippen molar-refractivity contribution in [2.75, 3.05) is 5.32 Å². The van der Waals surface area contributed by atoms with Gasteiger partial charge in [-0.3, -0.25) is 4.79 Å². The van der Waals surface area contributed by atoms with Gasteiger partial charge in [-0.05, 0) is 56.3 Å². The Balaban J connectivity index is 1.57. The van der Waals surface area contributed by atoms with E-state index in [1.54, 1.807) is 30.3 Å². The molecular weight excluding hydrogens is 359 g/mol. The quantitative estimate of drug-likeness (QED) is 0.646. The SMILES string of the molecule is CC(C)Oc1ccc(Nc2ccc(C(=O)NCc3ccccc3F)nn2)cc1. The van der Waals surface area contributed by atoms with Gasteiger partial charge in [0.1, 0.15) is 11.6 Å². The molecule has 0 radical (unpaired) electrons. The van der Waals surface area contributed by atoms with E-state index in [2.05, 4.69) is 20.8 Å². The lowest BCUT2D eigenvalue weighted by atomic mass is 10.2. The second-order valence-corrected chi connectivity index (χ2v) is 6.39. The Morgan fingerprint density at radius 3 is 2.43 bits per heavy atom. The second-order valence-electron chi connectivity index (χ2n) is 6.39. The predicted molar refractivity (Wildman–Crippen MR) is 105 cm³/mol. The average molecular weight is 380 g/mol. The molecule has 1 heterocycles. The van der Waals surface area contributed by atoms with E-state index in [9.17, 15) is 9.18 Å². The molecule has 6 nitrogen and oxygen atoms in total. The Labute approximate surface area is 162 Å². The topological polar surface area (TPSA) is 76.1 Å². The van der Waals surface area contributed by atoms with Crippen LogP contribution in [0.5, 0.6) is 5.75 Å². The van der Waals surface area contributed by atoms with Crippen LogP contribution in [0.2, 0.25) is 0 Å². The minimum atomic E-state index is -0.419. The Morgan fingerprint density at radius 1 is 1.04 bits per heavy atom. The minimum Gasteiger partial charge on any atom is -0.491 e. The van der Waals surface area contributed by atoms with Gasteiger partial charge in [0.2, 0.25) is 0 Å². The number of carbonyl (C=O) groups excluding carboxylic acids is 1. The van der Waals surface area contributed by atoms with Crippen LogP contribution >= 0.6 is 0 Å². The Bertz CT molecular complexity index is 928. The highest BCUT2D eigenvalue weighted by Crippen LogP contribution is 2.19. The molecule has 2 aromatic carbocycles. The van der Waals surface area contributed by atoms with Gasteiger partial charge < -0.3 is 15.4 Å². The summed E-state index contributed by atoms with van der Waals surface area (Å²) in [4.78, 5) is 12.2. The van der Waals surface area contributed by atoms with Crippen LogP contribution in [0.1, 0.15) is 29.9 Å². The van der Waals surface area contributed by atoms with Crippen LogP contribution in [0.25, 0.3) is 0 Å². The number of anilines is 2. The lowest BCUT2D eigenvalue weighted by Gasteiger charge is -2.11. The van der Waals surface area contributed by atoms with E-state index < -0.39 is 5.91 Å². The number of nitrogens with zero attached hydrogens (tertiary/aromatic N) is 2. The first-order valence-electron chi connectivity index (χ1n) is 8.90. The molecule has 3 aromatic rings. The summed E-state index contributed by atoms with van der Waals surface area (Å²) >= 11 is 0. The maximum Gasteiger partial charge on any atom is 0.272 e. The number of aromatic nitrogens is 2. The van der Waals surface area contributed by atoms with Crippen molar-refractivity contribution in [3.63, 3.8) is 0 Å². The van der Waals surface area contributed by atoms with Crippen molar-refractivity contribution in [2.45, 2.75) is 26.5 Å². The highest BCUT2D eigenvalue weighted by Gasteiger charge is 2.09.